The Morgan fingerprint density at radius 2 is 1.73 bits per heavy atom. The number of benzene rings is 2. The fraction of sp³-hybridized carbons (Fsp3) is 0.118. The molecule has 2 aromatic rings. The van der Waals surface area contributed by atoms with Crippen LogP contribution < -0.4 is 10.2 Å². The lowest BCUT2D eigenvalue weighted by Crippen LogP contribution is -2.36. The van der Waals surface area contributed by atoms with Gasteiger partial charge in [0.25, 0.3) is 0 Å². The number of nitrogens with one attached hydrogen (secondary N) is 1. The maximum absolute atomic E-state index is 12.1. The Balaban J connectivity index is 2.05. The number of amides is 2. The number of carbonyl (C=O) groups is 2. The molecule has 2 aromatic carbocycles. The summed E-state index contributed by atoms with van der Waals surface area (Å²) in [5.74, 6) is -0.509. The van der Waals surface area contributed by atoms with Crippen molar-refractivity contribution >= 4 is 23.2 Å². The third-order valence-corrected chi connectivity index (χ3v) is 3.05. The van der Waals surface area contributed by atoms with E-state index < -0.39 is 0 Å². The SMILES string of the molecule is CC(=O)N(CC(=O)Nc1ccc(C#N)cc1)c1ccccc1. The largest absolute Gasteiger partial charge is 0.325 e. The minimum atomic E-state index is -0.302. The molecule has 5 nitrogen and oxygen atoms in total. The predicted molar refractivity (Wildman–Crippen MR) is 84.3 cm³/mol. The molecule has 0 aliphatic carbocycles. The van der Waals surface area contributed by atoms with Gasteiger partial charge in [0.2, 0.25) is 11.8 Å². The van der Waals surface area contributed by atoms with E-state index in [9.17, 15) is 9.59 Å². The number of para-hydroxylation sites is 1. The van der Waals surface area contributed by atoms with Gasteiger partial charge in [0.05, 0.1) is 11.6 Å². The Hall–Kier alpha value is -3.13. The van der Waals surface area contributed by atoms with Crippen molar-refractivity contribution in [3.8, 4) is 6.07 Å². The Morgan fingerprint density at radius 1 is 1.09 bits per heavy atom. The summed E-state index contributed by atoms with van der Waals surface area (Å²) in [6.07, 6.45) is 0. The Bertz CT molecular complexity index is 703. The van der Waals surface area contributed by atoms with E-state index in [4.69, 9.17) is 5.26 Å². The number of hydrogen-bond donors (Lipinski definition) is 1. The molecule has 0 atom stereocenters. The maximum Gasteiger partial charge on any atom is 0.244 e. The quantitative estimate of drug-likeness (QED) is 0.941. The van der Waals surface area contributed by atoms with Gasteiger partial charge in [-0.2, -0.15) is 5.26 Å². The van der Waals surface area contributed by atoms with Gasteiger partial charge in [-0.05, 0) is 36.4 Å². The first-order valence-electron chi connectivity index (χ1n) is 6.73. The van der Waals surface area contributed by atoms with E-state index in [1.165, 1.54) is 11.8 Å². The molecule has 110 valence electrons. The maximum atomic E-state index is 12.1. The van der Waals surface area contributed by atoms with Crippen molar-refractivity contribution in [2.45, 2.75) is 6.92 Å². The Labute approximate surface area is 128 Å². The van der Waals surface area contributed by atoms with E-state index in [2.05, 4.69) is 5.32 Å². The molecule has 0 bridgehead atoms. The molecule has 0 aromatic heterocycles. The lowest BCUT2D eigenvalue weighted by Gasteiger charge is -2.20. The Morgan fingerprint density at radius 3 is 2.27 bits per heavy atom. The van der Waals surface area contributed by atoms with Crippen LogP contribution in [0.2, 0.25) is 0 Å². The van der Waals surface area contributed by atoms with E-state index in [0.717, 1.165) is 0 Å². The van der Waals surface area contributed by atoms with Crippen molar-refractivity contribution in [1.29, 1.82) is 5.26 Å². The van der Waals surface area contributed by atoms with Crippen LogP contribution in [0.1, 0.15) is 12.5 Å². The highest BCUT2D eigenvalue weighted by molar-refractivity contribution is 6.01. The van der Waals surface area contributed by atoms with Crippen molar-refractivity contribution in [3.05, 3.63) is 60.2 Å². The second-order valence-electron chi connectivity index (χ2n) is 4.68. The Kier molecular flexibility index (Phi) is 4.89. The monoisotopic (exact) mass is 293 g/mol. The summed E-state index contributed by atoms with van der Waals surface area (Å²) in [5.41, 5.74) is 1.78. The number of nitrogens with zero attached hydrogens (tertiary/aromatic N) is 2. The van der Waals surface area contributed by atoms with Crippen LogP contribution in [0.3, 0.4) is 0 Å². The molecule has 1 N–H and O–H groups in total. The molecule has 0 saturated heterocycles. The molecule has 0 radical (unpaired) electrons. The van der Waals surface area contributed by atoms with Crippen LogP contribution in [0.4, 0.5) is 11.4 Å². The number of nitriles is 1. The molecule has 0 aliphatic heterocycles. The van der Waals surface area contributed by atoms with E-state index in [-0.39, 0.29) is 18.4 Å². The summed E-state index contributed by atoms with van der Waals surface area (Å²) in [4.78, 5) is 25.2. The molecule has 5 heteroatoms. The molecule has 2 amide bonds. The van der Waals surface area contributed by atoms with Gasteiger partial charge in [-0.1, -0.05) is 18.2 Å². The van der Waals surface area contributed by atoms with E-state index >= 15 is 0 Å². The minimum Gasteiger partial charge on any atom is -0.325 e. The first-order valence-corrected chi connectivity index (χ1v) is 6.73. The zero-order valence-electron chi connectivity index (χ0n) is 12.1. The van der Waals surface area contributed by atoms with Gasteiger partial charge in [0.15, 0.2) is 0 Å². The van der Waals surface area contributed by atoms with Gasteiger partial charge in [-0.3, -0.25) is 9.59 Å². The molecule has 2 rings (SSSR count). The summed E-state index contributed by atoms with van der Waals surface area (Å²) in [6.45, 7) is 1.35. The van der Waals surface area contributed by atoms with Crippen LogP contribution in [0.15, 0.2) is 54.6 Å². The van der Waals surface area contributed by atoms with Crippen LogP contribution in [0.25, 0.3) is 0 Å². The second kappa shape index (κ2) is 7.04. The van der Waals surface area contributed by atoms with Crippen molar-refractivity contribution in [2.24, 2.45) is 0 Å². The van der Waals surface area contributed by atoms with E-state index in [0.29, 0.717) is 16.9 Å². The standard InChI is InChI=1S/C17H15N3O2/c1-13(21)20(16-5-3-2-4-6-16)12-17(22)19-15-9-7-14(11-18)8-10-15/h2-10H,12H2,1H3,(H,19,22). The lowest BCUT2D eigenvalue weighted by molar-refractivity contribution is -0.120. The smallest absolute Gasteiger partial charge is 0.244 e. The zero-order valence-corrected chi connectivity index (χ0v) is 12.1. The molecule has 0 aliphatic rings. The van der Waals surface area contributed by atoms with Crippen LogP contribution >= 0.6 is 0 Å². The number of anilines is 2. The van der Waals surface area contributed by atoms with E-state index in [1.807, 2.05) is 24.3 Å². The molecular weight excluding hydrogens is 278 g/mol. The van der Waals surface area contributed by atoms with Gasteiger partial charge in [0, 0.05) is 18.3 Å². The molecular formula is C17H15N3O2. The minimum absolute atomic E-state index is 0.0701. The highest BCUT2D eigenvalue weighted by Crippen LogP contribution is 2.14. The summed E-state index contributed by atoms with van der Waals surface area (Å²) in [6, 6.07) is 17.6. The van der Waals surface area contributed by atoms with Crippen molar-refractivity contribution in [2.75, 3.05) is 16.8 Å². The normalized spacial score (nSPS) is 9.64. The van der Waals surface area contributed by atoms with Crippen LogP contribution in [-0.4, -0.2) is 18.4 Å². The van der Waals surface area contributed by atoms with Gasteiger partial charge >= 0.3 is 0 Å². The lowest BCUT2D eigenvalue weighted by atomic mass is 10.2. The summed E-state index contributed by atoms with van der Waals surface area (Å²) >= 11 is 0. The fourth-order valence-electron chi connectivity index (χ4n) is 1.96. The summed E-state index contributed by atoms with van der Waals surface area (Å²) in [7, 11) is 0. The molecule has 0 heterocycles. The molecule has 0 saturated carbocycles. The van der Waals surface area contributed by atoms with Crippen LogP contribution in [0.5, 0.6) is 0 Å². The number of rotatable bonds is 4. The molecule has 0 fully saturated rings. The topological polar surface area (TPSA) is 73.2 Å². The highest BCUT2D eigenvalue weighted by Gasteiger charge is 2.15. The number of hydrogen-bond acceptors (Lipinski definition) is 3. The first kappa shape index (κ1) is 15.3. The van der Waals surface area contributed by atoms with Gasteiger partial charge in [-0.15, -0.1) is 0 Å². The fourth-order valence-corrected chi connectivity index (χ4v) is 1.96. The van der Waals surface area contributed by atoms with Crippen LogP contribution in [0, 0.1) is 11.3 Å². The molecule has 0 unspecified atom stereocenters. The number of carbonyl (C=O) groups excluding carboxylic acids is 2. The highest BCUT2D eigenvalue weighted by atomic mass is 16.2. The average molecular weight is 293 g/mol. The third kappa shape index (κ3) is 3.93. The summed E-state index contributed by atoms with van der Waals surface area (Å²) < 4.78 is 0. The van der Waals surface area contributed by atoms with Crippen LogP contribution in [-0.2, 0) is 9.59 Å². The van der Waals surface area contributed by atoms with Crippen molar-refractivity contribution < 1.29 is 9.59 Å². The first-order chi connectivity index (χ1) is 10.6. The molecule has 22 heavy (non-hydrogen) atoms. The van der Waals surface area contributed by atoms with Gasteiger partial charge in [0.1, 0.15) is 6.54 Å². The average Bonchev–Trinajstić information content (AvgIpc) is 2.54. The van der Waals surface area contributed by atoms with E-state index in [1.54, 1.807) is 36.4 Å². The van der Waals surface area contributed by atoms with Crippen molar-refractivity contribution in [1.82, 2.24) is 0 Å². The van der Waals surface area contributed by atoms with Crippen molar-refractivity contribution in [3.63, 3.8) is 0 Å². The summed E-state index contributed by atoms with van der Waals surface area (Å²) in [5, 5.41) is 11.4. The van der Waals surface area contributed by atoms with Gasteiger partial charge in [-0.25, -0.2) is 0 Å². The zero-order chi connectivity index (χ0) is 15.9. The predicted octanol–water partition coefficient (Wildman–Crippen LogP) is 2.55. The third-order valence-electron chi connectivity index (χ3n) is 3.05. The van der Waals surface area contributed by atoms with Gasteiger partial charge < -0.3 is 10.2 Å². The second-order valence-corrected chi connectivity index (χ2v) is 4.68. The molecule has 0 spiro atoms.